The molecule has 0 saturated carbocycles. The Morgan fingerprint density at radius 3 is 2.81 bits per heavy atom. The van der Waals surface area contributed by atoms with Crippen LogP contribution in [0, 0.1) is 0 Å². The maximum absolute atomic E-state index is 10.6. The van der Waals surface area contributed by atoms with E-state index in [2.05, 4.69) is 0 Å². The summed E-state index contributed by atoms with van der Waals surface area (Å²) in [5.74, 6) is 0.676. The van der Waals surface area contributed by atoms with Crippen LogP contribution in [0.2, 0.25) is 5.02 Å². The number of hydrogen-bond acceptors (Lipinski definition) is 2. The largest absolute Gasteiger partial charge is 0.492 e. The Kier molecular flexibility index (Phi) is 3.11. The summed E-state index contributed by atoms with van der Waals surface area (Å²) in [6.07, 6.45) is 0.823. The van der Waals surface area contributed by atoms with E-state index < -0.39 is 0 Å². The lowest BCUT2D eigenvalue weighted by atomic mass is 10.1. The highest BCUT2D eigenvalue weighted by atomic mass is 35.5. The number of halogens is 1. The molecule has 0 saturated heterocycles. The van der Waals surface area contributed by atoms with Gasteiger partial charge in [-0.15, -0.1) is 0 Å². The molecule has 0 spiro atoms. The maximum Gasteiger partial charge on any atom is 0.150 e. The first-order chi connectivity index (χ1) is 7.76. The first-order valence-corrected chi connectivity index (χ1v) is 5.44. The summed E-state index contributed by atoms with van der Waals surface area (Å²) in [5, 5.41) is 2.44. The Morgan fingerprint density at radius 1 is 1.31 bits per heavy atom. The number of benzene rings is 2. The lowest BCUT2D eigenvalue weighted by molar-refractivity contribution is 0.112. The van der Waals surface area contributed by atoms with Crippen LogP contribution < -0.4 is 4.74 Å². The molecule has 2 nitrogen and oxygen atoms in total. The molecule has 0 atom stereocenters. The number of ether oxygens (including phenoxy) is 1. The zero-order valence-electron chi connectivity index (χ0n) is 8.87. The predicted octanol–water partition coefficient (Wildman–Crippen LogP) is 3.70. The molecule has 3 heteroatoms. The number of carbonyl (C=O) groups is 1. The van der Waals surface area contributed by atoms with E-state index in [9.17, 15) is 4.79 Å². The predicted molar refractivity (Wildman–Crippen MR) is 65.5 cm³/mol. The van der Waals surface area contributed by atoms with E-state index in [1.54, 1.807) is 6.07 Å². The zero-order chi connectivity index (χ0) is 11.5. The zero-order valence-corrected chi connectivity index (χ0v) is 9.62. The maximum atomic E-state index is 10.6. The van der Waals surface area contributed by atoms with Gasteiger partial charge in [-0.05, 0) is 24.4 Å². The van der Waals surface area contributed by atoms with E-state index in [1.165, 1.54) is 0 Å². The normalized spacial score (nSPS) is 10.4. The summed E-state index contributed by atoms with van der Waals surface area (Å²) in [4.78, 5) is 10.6. The first kappa shape index (κ1) is 11.0. The molecule has 0 amide bonds. The van der Waals surface area contributed by atoms with Crippen molar-refractivity contribution in [1.82, 2.24) is 0 Å². The topological polar surface area (TPSA) is 26.3 Å². The second kappa shape index (κ2) is 4.54. The molecule has 2 aromatic carbocycles. The molecule has 0 fully saturated rings. The van der Waals surface area contributed by atoms with Crippen LogP contribution in [0.4, 0.5) is 0 Å². The van der Waals surface area contributed by atoms with E-state index in [-0.39, 0.29) is 0 Å². The van der Waals surface area contributed by atoms with Crippen molar-refractivity contribution in [2.75, 3.05) is 6.61 Å². The van der Waals surface area contributed by atoms with E-state index in [4.69, 9.17) is 16.3 Å². The van der Waals surface area contributed by atoms with Crippen molar-refractivity contribution in [3.8, 4) is 5.75 Å². The average molecular weight is 235 g/mol. The molecule has 0 aromatic heterocycles. The summed E-state index contributed by atoms with van der Waals surface area (Å²) >= 11 is 6.20. The Hall–Kier alpha value is -1.54. The molecule has 0 bridgehead atoms. The lowest BCUT2D eigenvalue weighted by Gasteiger charge is -2.08. The SMILES string of the molecule is CCOc1ccc2cc(C=O)ccc2c1Cl. The second-order valence-corrected chi connectivity index (χ2v) is 3.79. The highest BCUT2D eigenvalue weighted by molar-refractivity contribution is 6.37. The fourth-order valence-corrected chi connectivity index (χ4v) is 1.92. The van der Waals surface area contributed by atoms with Crippen LogP contribution in [0.15, 0.2) is 30.3 Å². The van der Waals surface area contributed by atoms with Gasteiger partial charge in [0.25, 0.3) is 0 Å². The molecule has 0 aliphatic carbocycles. The number of hydrogen-bond donors (Lipinski definition) is 0. The molecule has 0 heterocycles. The van der Waals surface area contributed by atoms with Crippen molar-refractivity contribution in [3.05, 3.63) is 40.9 Å². The van der Waals surface area contributed by atoms with Crippen molar-refractivity contribution in [2.45, 2.75) is 6.92 Å². The Bertz CT molecular complexity index is 535. The molecule has 16 heavy (non-hydrogen) atoms. The van der Waals surface area contributed by atoms with Crippen molar-refractivity contribution in [1.29, 1.82) is 0 Å². The Morgan fingerprint density at radius 2 is 2.12 bits per heavy atom. The molecule has 0 aliphatic heterocycles. The molecule has 82 valence electrons. The van der Waals surface area contributed by atoms with Crippen LogP contribution in [-0.4, -0.2) is 12.9 Å². The van der Waals surface area contributed by atoms with Gasteiger partial charge in [-0.3, -0.25) is 4.79 Å². The molecular weight excluding hydrogens is 224 g/mol. The van der Waals surface area contributed by atoms with E-state index in [1.807, 2.05) is 31.2 Å². The van der Waals surface area contributed by atoms with E-state index >= 15 is 0 Å². The standard InChI is InChI=1S/C13H11ClO2/c1-2-16-12-6-4-10-7-9(8-15)3-5-11(10)13(12)14/h3-8H,2H2,1H3. The lowest BCUT2D eigenvalue weighted by Crippen LogP contribution is -1.92. The summed E-state index contributed by atoms with van der Waals surface area (Å²) in [6, 6.07) is 9.12. The first-order valence-electron chi connectivity index (χ1n) is 5.06. The van der Waals surface area contributed by atoms with Gasteiger partial charge in [-0.1, -0.05) is 29.8 Å². The van der Waals surface area contributed by atoms with E-state index in [0.717, 1.165) is 17.1 Å². The second-order valence-electron chi connectivity index (χ2n) is 3.41. The number of rotatable bonds is 3. The third-order valence-corrected chi connectivity index (χ3v) is 2.77. The van der Waals surface area contributed by atoms with Crippen LogP contribution >= 0.6 is 11.6 Å². The minimum Gasteiger partial charge on any atom is -0.492 e. The minimum absolute atomic E-state index is 0.581. The fourth-order valence-electron chi connectivity index (χ4n) is 1.63. The number of carbonyl (C=O) groups excluding carboxylic acids is 1. The molecule has 2 rings (SSSR count). The molecule has 0 radical (unpaired) electrons. The molecule has 0 N–H and O–H groups in total. The van der Waals surface area contributed by atoms with Crippen LogP contribution in [0.1, 0.15) is 17.3 Å². The summed E-state index contributed by atoms with van der Waals surface area (Å²) in [7, 11) is 0. The third-order valence-electron chi connectivity index (χ3n) is 2.38. The minimum atomic E-state index is 0.581. The molecule has 0 unspecified atom stereocenters. The van der Waals surface area contributed by atoms with Gasteiger partial charge < -0.3 is 4.74 Å². The Balaban J connectivity index is 2.62. The summed E-state index contributed by atoms with van der Waals surface area (Å²) in [5.41, 5.74) is 0.646. The monoisotopic (exact) mass is 234 g/mol. The van der Waals surface area contributed by atoms with Gasteiger partial charge in [0, 0.05) is 10.9 Å². The molecule has 0 aliphatic rings. The highest BCUT2D eigenvalue weighted by Crippen LogP contribution is 2.33. The van der Waals surface area contributed by atoms with Gasteiger partial charge >= 0.3 is 0 Å². The summed E-state index contributed by atoms with van der Waals surface area (Å²) in [6.45, 7) is 2.49. The fraction of sp³-hybridized carbons (Fsp3) is 0.154. The van der Waals surface area contributed by atoms with Gasteiger partial charge in [0.1, 0.15) is 12.0 Å². The van der Waals surface area contributed by atoms with E-state index in [0.29, 0.717) is 22.9 Å². The quantitative estimate of drug-likeness (QED) is 0.757. The van der Waals surface area contributed by atoms with Gasteiger partial charge in [0.2, 0.25) is 0 Å². The van der Waals surface area contributed by atoms with Crippen LogP contribution in [0.3, 0.4) is 0 Å². The van der Waals surface area contributed by atoms with Gasteiger partial charge in [0.05, 0.1) is 11.6 Å². The van der Waals surface area contributed by atoms with Crippen molar-refractivity contribution in [2.24, 2.45) is 0 Å². The van der Waals surface area contributed by atoms with Crippen LogP contribution in [-0.2, 0) is 0 Å². The molecular formula is C13H11ClO2. The summed E-state index contributed by atoms with van der Waals surface area (Å²) < 4.78 is 5.40. The van der Waals surface area contributed by atoms with Crippen molar-refractivity contribution >= 4 is 28.7 Å². The van der Waals surface area contributed by atoms with Crippen molar-refractivity contribution < 1.29 is 9.53 Å². The van der Waals surface area contributed by atoms with Gasteiger partial charge in [-0.25, -0.2) is 0 Å². The smallest absolute Gasteiger partial charge is 0.150 e. The van der Waals surface area contributed by atoms with Crippen molar-refractivity contribution in [3.63, 3.8) is 0 Å². The van der Waals surface area contributed by atoms with Crippen LogP contribution in [0.25, 0.3) is 10.8 Å². The number of aldehydes is 1. The van der Waals surface area contributed by atoms with Crippen LogP contribution in [0.5, 0.6) is 5.75 Å². The highest BCUT2D eigenvalue weighted by Gasteiger charge is 2.06. The third kappa shape index (κ3) is 1.89. The van der Waals surface area contributed by atoms with Gasteiger partial charge in [-0.2, -0.15) is 0 Å². The average Bonchev–Trinajstić information content (AvgIpc) is 2.32. The Labute approximate surface area is 98.8 Å². The number of fused-ring (bicyclic) bond motifs is 1. The van der Waals surface area contributed by atoms with Gasteiger partial charge in [0.15, 0.2) is 0 Å². The molecule has 2 aromatic rings.